The molecule has 2 aliphatic rings. The Morgan fingerprint density at radius 2 is 0.897 bits per heavy atom. The third-order valence-corrected chi connectivity index (χ3v) is 15.0. The van der Waals surface area contributed by atoms with E-state index in [2.05, 4.69) is 253 Å². The van der Waals surface area contributed by atoms with Crippen LogP contribution in [0.1, 0.15) is 29.5 Å². The maximum Gasteiger partial charge on any atom is 0.0711 e. The quantitative estimate of drug-likeness (QED) is 0.147. The number of nitrogens with zero attached hydrogens (tertiary/aromatic N) is 1. The van der Waals surface area contributed by atoms with Gasteiger partial charge < -0.3 is 4.57 Å². The third kappa shape index (κ3) is 5.76. The molecule has 0 bridgehead atoms. The first-order chi connectivity index (χ1) is 33.7. The van der Waals surface area contributed by atoms with Crippen molar-refractivity contribution in [1.82, 2.24) is 4.57 Å². The maximum atomic E-state index is 2.55. The Kier molecular flexibility index (Phi) is 8.70. The van der Waals surface area contributed by atoms with Gasteiger partial charge in [-0.15, -0.1) is 0 Å². The van der Waals surface area contributed by atoms with Gasteiger partial charge >= 0.3 is 0 Å². The van der Waals surface area contributed by atoms with Crippen LogP contribution in [0.15, 0.2) is 254 Å². The summed E-state index contributed by atoms with van der Waals surface area (Å²) in [6.45, 7) is 0. The van der Waals surface area contributed by atoms with Gasteiger partial charge in [-0.3, -0.25) is 0 Å². The predicted molar refractivity (Wildman–Crippen MR) is 288 cm³/mol. The Morgan fingerprint density at radius 3 is 1.59 bits per heavy atom. The monoisotopic (exact) mass is 863 g/mol. The Hall–Kier alpha value is -8.52. The summed E-state index contributed by atoms with van der Waals surface area (Å²) in [7, 11) is 0. The Labute approximate surface area is 396 Å². The van der Waals surface area contributed by atoms with Crippen molar-refractivity contribution in [2.24, 2.45) is 0 Å². The molecule has 0 aliphatic heterocycles. The number of benzene rings is 11. The molecule has 1 unspecified atom stereocenters. The van der Waals surface area contributed by atoms with Gasteiger partial charge in [0.25, 0.3) is 0 Å². The lowest BCUT2D eigenvalue weighted by Gasteiger charge is -2.35. The molecule has 0 N–H and O–H groups in total. The molecule has 0 saturated heterocycles. The van der Waals surface area contributed by atoms with Crippen LogP contribution in [0.2, 0.25) is 0 Å². The molecule has 318 valence electrons. The van der Waals surface area contributed by atoms with E-state index in [0.717, 1.165) is 18.5 Å². The summed E-state index contributed by atoms with van der Waals surface area (Å²) in [6.07, 6.45) is 9.36. The van der Waals surface area contributed by atoms with E-state index in [4.69, 9.17) is 0 Å². The Morgan fingerprint density at radius 1 is 0.324 bits per heavy atom. The molecule has 1 nitrogen and oxygen atoms in total. The van der Waals surface area contributed by atoms with Crippen molar-refractivity contribution in [1.29, 1.82) is 0 Å². The zero-order valence-electron chi connectivity index (χ0n) is 37.5. The molecule has 12 aromatic rings. The normalized spacial score (nSPS) is 15.3. The summed E-state index contributed by atoms with van der Waals surface area (Å²) in [5.74, 6) is 0. The van der Waals surface area contributed by atoms with E-state index < -0.39 is 5.41 Å². The number of aromatic nitrogens is 1. The molecule has 1 atom stereocenters. The summed E-state index contributed by atoms with van der Waals surface area (Å²) in [4.78, 5) is 0. The maximum absolute atomic E-state index is 2.55. The van der Waals surface area contributed by atoms with Gasteiger partial charge in [-0.2, -0.15) is 0 Å². The van der Waals surface area contributed by atoms with Crippen LogP contribution >= 0.6 is 0 Å². The van der Waals surface area contributed by atoms with Crippen molar-refractivity contribution in [2.45, 2.75) is 18.3 Å². The van der Waals surface area contributed by atoms with E-state index in [1.807, 2.05) is 0 Å². The number of para-hydroxylation sites is 1. The smallest absolute Gasteiger partial charge is 0.0711 e. The Bertz CT molecular complexity index is 4000. The van der Waals surface area contributed by atoms with Gasteiger partial charge in [-0.25, -0.2) is 0 Å². The number of hydrogen-bond acceptors (Lipinski definition) is 0. The van der Waals surface area contributed by atoms with E-state index in [-0.39, 0.29) is 0 Å². The molecule has 2 aliphatic carbocycles. The SMILES string of the molecule is C1=CC(C2(c3ccccc3)c3ccccc3-c3cc4c5ccccc5n(-c5ccc6c7ccccc7c7ccc(-c8cc(-c9ccccc9)cc(-c9ccccc9)c8)cc7c6c5)c4cc32)=CCC1. The minimum Gasteiger partial charge on any atom is -0.309 e. The summed E-state index contributed by atoms with van der Waals surface area (Å²) in [5.41, 5.74) is 18.3. The van der Waals surface area contributed by atoms with Crippen LogP contribution in [-0.2, 0) is 5.41 Å². The summed E-state index contributed by atoms with van der Waals surface area (Å²) >= 11 is 0. The fraction of sp³-hybridized carbons (Fsp3) is 0.0448. The average molecular weight is 864 g/mol. The third-order valence-electron chi connectivity index (χ3n) is 15.0. The second-order valence-corrected chi connectivity index (χ2v) is 18.6. The molecule has 11 aromatic carbocycles. The highest BCUT2D eigenvalue weighted by Gasteiger charge is 2.47. The molecule has 0 saturated carbocycles. The van der Waals surface area contributed by atoms with Gasteiger partial charge in [-0.1, -0.05) is 194 Å². The van der Waals surface area contributed by atoms with Gasteiger partial charge in [-0.05, 0) is 167 Å². The highest BCUT2D eigenvalue weighted by Crippen LogP contribution is 2.58. The van der Waals surface area contributed by atoms with Crippen molar-refractivity contribution in [3.8, 4) is 50.2 Å². The molecule has 14 rings (SSSR count). The lowest BCUT2D eigenvalue weighted by Crippen LogP contribution is -2.29. The Balaban J connectivity index is 1.04. The largest absolute Gasteiger partial charge is 0.309 e. The first-order valence-electron chi connectivity index (χ1n) is 24.0. The lowest BCUT2D eigenvalue weighted by molar-refractivity contribution is 0.752. The number of fused-ring (bicyclic) bond motifs is 12. The lowest BCUT2D eigenvalue weighted by atomic mass is 9.66. The van der Waals surface area contributed by atoms with Gasteiger partial charge in [0.1, 0.15) is 0 Å². The number of hydrogen-bond donors (Lipinski definition) is 0. The molecule has 0 amide bonds. The highest BCUT2D eigenvalue weighted by molar-refractivity contribution is 6.26. The van der Waals surface area contributed by atoms with Crippen molar-refractivity contribution in [3.63, 3.8) is 0 Å². The molecular weight excluding hydrogens is 819 g/mol. The fourth-order valence-electron chi connectivity index (χ4n) is 12.0. The van der Waals surface area contributed by atoms with Gasteiger partial charge in [0.2, 0.25) is 0 Å². The van der Waals surface area contributed by atoms with Crippen molar-refractivity contribution >= 4 is 54.1 Å². The first kappa shape index (κ1) is 38.7. The molecule has 0 radical (unpaired) electrons. The van der Waals surface area contributed by atoms with Crippen molar-refractivity contribution < 1.29 is 0 Å². The van der Waals surface area contributed by atoms with Crippen LogP contribution in [0.4, 0.5) is 0 Å². The summed E-state index contributed by atoms with van der Waals surface area (Å²) in [5, 5.41) is 10.1. The summed E-state index contributed by atoms with van der Waals surface area (Å²) < 4.78 is 2.54. The van der Waals surface area contributed by atoms with Crippen LogP contribution < -0.4 is 0 Å². The standard InChI is InChI=1S/C67H45N/c1-5-19-44(20-6-1)47-37-48(45-21-7-2-8-22-45)39-49(38-47)46-33-35-55-53-27-13-14-28-54(53)56-36-34-52(41-60(56)59(55)40-46)68-65-32-18-16-30-58(65)62-42-61-57-29-15-17-31-63(57)67(64(61)43-66(62)68,50-23-9-3-10-24-50)51-25-11-4-12-26-51/h1-3,5-11,13-43H,4,12H2. The zero-order chi connectivity index (χ0) is 44.8. The average Bonchev–Trinajstić information content (AvgIpc) is 3.90. The molecule has 0 spiro atoms. The molecular formula is C67H45N. The molecule has 1 heteroatoms. The predicted octanol–water partition coefficient (Wildman–Crippen LogP) is 17.8. The van der Waals surface area contributed by atoms with E-state index >= 15 is 0 Å². The van der Waals surface area contributed by atoms with Crippen LogP contribution in [0, 0.1) is 0 Å². The van der Waals surface area contributed by atoms with Crippen LogP contribution in [0.25, 0.3) is 104 Å². The zero-order valence-corrected chi connectivity index (χ0v) is 37.5. The first-order valence-corrected chi connectivity index (χ1v) is 24.0. The van der Waals surface area contributed by atoms with Crippen molar-refractivity contribution in [2.75, 3.05) is 0 Å². The molecule has 0 fully saturated rings. The van der Waals surface area contributed by atoms with E-state index in [1.165, 1.54) is 121 Å². The van der Waals surface area contributed by atoms with Crippen LogP contribution in [-0.4, -0.2) is 4.57 Å². The summed E-state index contributed by atoms with van der Waals surface area (Å²) in [6, 6.07) is 86.3. The van der Waals surface area contributed by atoms with Crippen LogP contribution in [0.5, 0.6) is 0 Å². The number of rotatable bonds is 6. The van der Waals surface area contributed by atoms with Gasteiger partial charge in [0.05, 0.1) is 16.4 Å². The minimum atomic E-state index is -0.452. The molecule has 68 heavy (non-hydrogen) atoms. The van der Waals surface area contributed by atoms with Crippen LogP contribution in [0.3, 0.4) is 0 Å². The minimum absolute atomic E-state index is 0.452. The molecule has 1 heterocycles. The van der Waals surface area contributed by atoms with E-state index in [1.54, 1.807) is 0 Å². The fourth-order valence-corrected chi connectivity index (χ4v) is 12.0. The highest BCUT2D eigenvalue weighted by atomic mass is 15.0. The molecule has 1 aromatic heterocycles. The van der Waals surface area contributed by atoms with Crippen molar-refractivity contribution in [3.05, 3.63) is 271 Å². The van der Waals surface area contributed by atoms with E-state index in [0.29, 0.717) is 0 Å². The topological polar surface area (TPSA) is 4.93 Å². The second kappa shape index (κ2) is 15.3. The van der Waals surface area contributed by atoms with Gasteiger partial charge in [0.15, 0.2) is 0 Å². The number of allylic oxidation sites excluding steroid dienone is 4. The van der Waals surface area contributed by atoms with E-state index in [9.17, 15) is 0 Å². The second-order valence-electron chi connectivity index (χ2n) is 18.6. The van der Waals surface area contributed by atoms with Gasteiger partial charge in [0, 0.05) is 16.5 Å².